The number of hydrogen-bond acceptors (Lipinski definition) is 6. The summed E-state index contributed by atoms with van der Waals surface area (Å²) in [5.41, 5.74) is 5.07. The number of carbonyl (C=O) groups is 1. The Kier molecular flexibility index (Phi) is 7.29. The molecular formula is C22H19BrN4O3. The van der Waals surface area contributed by atoms with Crippen LogP contribution in [0.2, 0.25) is 0 Å². The number of benzene rings is 3. The van der Waals surface area contributed by atoms with Crippen molar-refractivity contribution in [2.45, 2.75) is 6.92 Å². The van der Waals surface area contributed by atoms with Crippen molar-refractivity contribution >= 4 is 39.4 Å². The molecular weight excluding hydrogens is 448 g/mol. The molecule has 0 radical (unpaired) electrons. The van der Waals surface area contributed by atoms with Crippen LogP contribution in [0.4, 0.5) is 11.4 Å². The van der Waals surface area contributed by atoms with Crippen LogP contribution in [0.25, 0.3) is 0 Å². The monoisotopic (exact) mass is 466 g/mol. The highest BCUT2D eigenvalue weighted by Gasteiger charge is 2.03. The number of aryl methyl sites for hydroxylation is 1. The lowest BCUT2D eigenvalue weighted by atomic mass is 10.2. The first-order chi connectivity index (χ1) is 14.5. The maximum Gasteiger partial charge on any atom is 0.277 e. The highest BCUT2D eigenvalue weighted by Crippen LogP contribution is 2.25. The second-order valence-corrected chi connectivity index (χ2v) is 7.23. The highest BCUT2D eigenvalue weighted by atomic mass is 79.9. The third-order valence-electron chi connectivity index (χ3n) is 3.88. The second kappa shape index (κ2) is 10.3. The lowest BCUT2D eigenvalue weighted by molar-refractivity contribution is -0.123. The molecule has 0 aromatic heterocycles. The third-order valence-corrected chi connectivity index (χ3v) is 4.38. The summed E-state index contributed by atoms with van der Waals surface area (Å²) in [6.07, 6.45) is 1.33. The number of aromatic hydroxyl groups is 1. The molecule has 7 nitrogen and oxygen atoms in total. The van der Waals surface area contributed by atoms with E-state index in [1.807, 2.05) is 43.3 Å². The van der Waals surface area contributed by atoms with Gasteiger partial charge in [-0.05, 0) is 55.5 Å². The smallest absolute Gasteiger partial charge is 0.277 e. The Labute approximate surface area is 182 Å². The van der Waals surface area contributed by atoms with Gasteiger partial charge in [0.1, 0.15) is 11.5 Å². The third kappa shape index (κ3) is 6.52. The van der Waals surface area contributed by atoms with E-state index in [0.29, 0.717) is 22.7 Å². The average molecular weight is 467 g/mol. The van der Waals surface area contributed by atoms with Crippen molar-refractivity contribution in [1.29, 1.82) is 0 Å². The van der Waals surface area contributed by atoms with Crippen LogP contribution in [0, 0.1) is 6.92 Å². The molecule has 0 saturated heterocycles. The van der Waals surface area contributed by atoms with Gasteiger partial charge in [-0.1, -0.05) is 39.7 Å². The van der Waals surface area contributed by atoms with Gasteiger partial charge >= 0.3 is 0 Å². The number of nitrogens with one attached hydrogen (secondary N) is 1. The zero-order valence-corrected chi connectivity index (χ0v) is 17.7. The minimum absolute atomic E-state index is 0.00492. The summed E-state index contributed by atoms with van der Waals surface area (Å²) in [5, 5.41) is 22.2. The number of hydrazone groups is 1. The molecule has 3 aromatic carbocycles. The van der Waals surface area contributed by atoms with Gasteiger partial charge in [0.05, 0.1) is 17.6 Å². The van der Waals surface area contributed by atoms with Crippen molar-refractivity contribution in [2.75, 3.05) is 6.61 Å². The maximum absolute atomic E-state index is 11.9. The zero-order valence-electron chi connectivity index (χ0n) is 16.1. The second-order valence-electron chi connectivity index (χ2n) is 6.32. The first-order valence-electron chi connectivity index (χ1n) is 9.01. The molecule has 0 bridgehead atoms. The van der Waals surface area contributed by atoms with E-state index in [1.165, 1.54) is 12.3 Å². The Hall–Kier alpha value is -3.52. The molecule has 3 aromatic rings. The SMILES string of the molecule is Cc1ccc(OCC(=O)N/N=C\c2cc(N=Nc3cccc(Br)c3)ccc2O)cc1. The van der Waals surface area contributed by atoms with Crippen molar-refractivity contribution in [3.8, 4) is 11.5 Å². The molecule has 0 heterocycles. The molecule has 8 heteroatoms. The van der Waals surface area contributed by atoms with E-state index < -0.39 is 5.91 Å². The summed E-state index contributed by atoms with van der Waals surface area (Å²) >= 11 is 3.38. The molecule has 0 aliphatic carbocycles. The Balaban J connectivity index is 1.57. The number of ether oxygens (including phenoxy) is 1. The molecule has 3 rings (SSSR count). The van der Waals surface area contributed by atoms with Gasteiger partial charge in [-0.2, -0.15) is 15.3 Å². The first-order valence-corrected chi connectivity index (χ1v) is 9.80. The first kappa shape index (κ1) is 21.2. The van der Waals surface area contributed by atoms with Gasteiger partial charge in [0, 0.05) is 10.0 Å². The number of halogens is 1. The zero-order chi connectivity index (χ0) is 21.3. The number of nitrogens with zero attached hydrogens (tertiary/aromatic N) is 3. The molecule has 0 saturated carbocycles. The number of phenolic OH excluding ortho intramolecular Hbond substituents is 1. The summed E-state index contributed by atoms with van der Waals surface area (Å²) in [5.74, 6) is 0.183. The van der Waals surface area contributed by atoms with Gasteiger partial charge in [-0.15, -0.1) is 0 Å². The number of hydrogen-bond donors (Lipinski definition) is 2. The van der Waals surface area contributed by atoms with Gasteiger partial charge in [-0.3, -0.25) is 4.79 Å². The predicted molar refractivity (Wildman–Crippen MR) is 119 cm³/mol. The predicted octanol–water partition coefficient (Wildman–Crippen LogP) is 5.41. The van der Waals surface area contributed by atoms with E-state index in [4.69, 9.17) is 4.74 Å². The molecule has 152 valence electrons. The van der Waals surface area contributed by atoms with Gasteiger partial charge in [0.25, 0.3) is 5.91 Å². The molecule has 0 spiro atoms. The standard InChI is InChI=1S/C22H19BrN4O3/c1-15-5-8-20(9-6-15)30-14-22(29)27-24-13-16-11-19(7-10-21(16)28)26-25-18-4-2-3-17(23)12-18/h2-13,28H,14H2,1H3,(H,27,29)/b24-13-,26-25?. The van der Waals surface area contributed by atoms with E-state index in [1.54, 1.807) is 24.3 Å². The molecule has 0 atom stereocenters. The van der Waals surface area contributed by atoms with E-state index in [9.17, 15) is 9.90 Å². The van der Waals surface area contributed by atoms with E-state index >= 15 is 0 Å². The summed E-state index contributed by atoms with van der Waals surface area (Å²) in [4.78, 5) is 11.9. The van der Waals surface area contributed by atoms with Crippen molar-refractivity contribution in [3.05, 3.63) is 82.3 Å². The molecule has 0 aliphatic rings. The Morgan fingerprint density at radius 1 is 1.07 bits per heavy atom. The Morgan fingerprint density at radius 3 is 2.53 bits per heavy atom. The summed E-state index contributed by atoms with van der Waals surface area (Å²) < 4.78 is 6.29. The lowest BCUT2D eigenvalue weighted by Crippen LogP contribution is -2.24. The van der Waals surface area contributed by atoms with Crippen LogP contribution in [0.15, 0.2) is 86.5 Å². The molecule has 1 amide bonds. The maximum atomic E-state index is 11.9. The lowest BCUT2D eigenvalue weighted by Gasteiger charge is -2.05. The fourth-order valence-corrected chi connectivity index (χ4v) is 2.74. The molecule has 2 N–H and O–H groups in total. The molecule has 0 fully saturated rings. The van der Waals surface area contributed by atoms with Gasteiger partial charge in [-0.25, -0.2) is 5.43 Å². The fourth-order valence-electron chi connectivity index (χ4n) is 2.35. The molecule has 30 heavy (non-hydrogen) atoms. The van der Waals surface area contributed by atoms with Gasteiger partial charge in [0.2, 0.25) is 0 Å². The summed E-state index contributed by atoms with van der Waals surface area (Å²) in [6.45, 7) is 1.80. The number of amides is 1. The minimum Gasteiger partial charge on any atom is -0.507 e. The van der Waals surface area contributed by atoms with Crippen LogP contribution in [0.1, 0.15) is 11.1 Å². The number of rotatable bonds is 7. The largest absolute Gasteiger partial charge is 0.507 e. The van der Waals surface area contributed by atoms with Crippen LogP contribution in [-0.2, 0) is 4.79 Å². The van der Waals surface area contributed by atoms with Crippen molar-refractivity contribution in [1.82, 2.24) is 5.43 Å². The van der Waals surface area contributed by atoms with Crippen LogP contribution < -0.4 is 10.2 Å². The fraction of sp³-hybridized carbons (Fsp3) is 0.0909. The van der Waals surface area contributed by atoms with Crippen LogP contribution in [0.5, 0.6) is 11.5 Å². The van der Waals surface area contributed by atoms with Crippen molar-refractivity contribution < 1.29 is 14.6 Å². The Bertz CT molecular complexity index is 1080. The van der Waals surface area contributed by atoms with E-state index in [-0.39, 0.29) is 12.4 Å². The Morgan fingerprint density at radius 2 is 1.80 bits per heavy atom. The highest BCUT2D eigenvalue weighted by molar-refractivity contribution is 9.10. The minimum atomic E-state index is -0.420. The summed E-state index contributed by atoms with van der Waals surface area (Å²) in [6, 6.07) is 19.5. The van der Waals surface area contributed by atoms with Crippen LogP contribution in [-0.4, -0.2) is 23.8 Å². The van der Waals surface area contributed by atoms with Gasteiger partial charge in [0.15, 0.2) is 6.61 Å². The van der Waals surface area contributed by atoms with Crippen LogP contribution in [0.3, 0.4) is 0 Å². The van der Waals surface area contributed by atoms with Crippen molar-refractivity contribution in [3.63, 3.8) is 0 Å². The quantitative estimate of drug-likeness (QED) is 0.276. The molecule has 0 unspecified atom stereocenters. The number of azo groups is 1. The van der Waals surface area contributed by atoms with Gasteiger partial charge < -0.3 is 9.84 Å². The average Bonchev–Trinajstić information content (AvgIpc) is 2.74. The van der Waals surface area contributed by atoms with E-state index in [0.717, 1.165) is 10.0 Å². The number of carbonyl (C=O) groups excluding carboxylic acids is 1. The summed E-state index contributed by atoms with van der Waals surface area (Å²) in [7, 11) is 0. The van der Waals surface area contributed by atoms with E-state index in [2.05, 4.69) is 36.7 Å². The topological polar surface area (TPSA) is 95.6 Å². The van der Waals surface area contributed by atoms with Crippen molar-refractivity contribution in [2.24, 2.45) is 15.3 Å². The normalized spacial score (nSPS) is 11.1. The molecule has 0 aliphatic heterocycles. The number of phenols is 1. The van der Waals surface area contributed by atoms with Crippen LogP contribution >= 0.6 is 15.9 Å².